The molecule has 3 heterocycles. The van der Waals surface area contributed by atoms with E-state index in [1.807, 2.05) is 18.2 Å². The molecule has 4 aromatic rings. The summed E-state index contributed by atoms with van der Waals surface area (Å²) in [5.74, 6) is -0.530. The van der Waals surface area contributed by atoms with Crippen molar-refractivity contribution in [3.63, 3.8) is 0 Å². The Morgan fingerprint density at radius 1 is 0.964 bits per heavy atom. The lowest BCUT2D eigenvalue weighted by atomic mass is 10.1. The lowest BCUT2D eigenvalue weighted by Gasteiger charge is -2.11. The van der Waals surface area contributed by atoms with Gasteiger partial charge in [0.25, 0.3) is 10.0 Å². The molecule has 0 aliphatic rings. The Hall–Kier alpha value is -3.10. The number of anilines is 1. The van der Waals surface area contributed by atoms with Gasteiger partial charge in [-0.1, -0.05) is 17.7 Å². The zero-order valence-corrected chi connectivity index (χ0v) is 15.7. The summed E-state index contributed by atoms with van der Waals surface area (Å²) in [4.78, 5) is 12.5. The third-order valence-corrected chi connectivity index (χ3v) is 5.68. The normalized spacial score (nSPS) is 11.5. The van der Waals surface area contributed by atoms with Crippen LogP contribution in [0.15, 0.2) is 72.0 Å². The van der Waals surface area contributed by atoms with Crippen LogP contribution in [0, 0.1) is 5.82 Å². The maximum atomic E-state index is 13.1. The molecule has 6 nitrogen and oxygen atoms in total. The molecule has 0 atom stereocenters. The molecule has 1 N–H and O–H groups in total. The van der Waals surface area contributed by atoms with Crippen LogP contribution in [0.3, 0.4) is 0 Å². The number of nitrogens with zero attached hydrogens (tertiary/aromatic N) is 3. The largest absolute Gasteiger partial charge is 0.276 e. The number of fused-ring (bicyclic) bond motifs is 1. The Balaban J connectivity index is 1.71. The SMILES string of the molecule is O=S(=O)(Nc1cc(-c2cc3cccnc3cn2)cnc1Cl)c1ccc(F)cc1. The maximum Gasteiger partial charge on any atom is 0.261 e. The molecule has 0 aliphatic heterocycles. The van der Waals surface area contributed by atoms with Gasteiger partial charge in [0.2, 0.25) is 0 Å². The molecule has 0 radical (unpaired) electrons. The van der Waals surface area contributed by atoms with Crippen LogP contribution in [0.4, 0.5) is 10.1 Å². The molecule has 1 aromatic carbocycles. The van der Waals surface area contributed by atoms with E-state index >= 15 is 0 Å². The van der Waals surface area contributed by atoms with Gasteiger partial charge >= 0.3 is 0 Å². The minimum Gasteiger partial charge on any atom is -0.276 e. The van der Waals surface area contributed by atoms with Crippen molar-refractivity contribution in [3.05, 3.63) is 78.1 Å². The highest BCUT2D eigenvalue weighted by atomic mass is 35.5. The van der Waals surface area contributed by atoms with E-state index in [0.29, 0.717) is 11.3 Å². The van der Waals surface area contributed by atoms with Gasteiger partial charge in [-0.05, 0) is 42.5 Å². The molecule has 0 aliphatic carbocycles. The molecule has 0 saturated carbocycles. The van der Waals surface area contributed by atoms with E-state index < -0.39 is 15.8 Å². The average molecular weight is 415 g/mol. The minimum atomic E-state index is -3.96. The van der Waals surface area contributed by atoms with Crippen molar-refractivity contribution in [3.8, 4) is 11.3 Å². The summed E-state index contributed by atoms with van der Waals surface area (Å²) in [5, 5.41) is 0.868. The lowest BCUT2D eigenvalue weighted by Crippen LogP contribution is -2.13. The maximum absolute atomic E-state index is 13.1. The number of hydrogen-bond acceptors (Lipinski definition) is 5. The van der Waals surface area contributed by atoms with E-state index in [2.05, 4.69) is 19.7 Å². The number of halogens is 2. The molecule has 0 fully saturated rings. The quantitative estimate of drug-likeness (QED) is 0.503. The zero-order valence-electron chi connectivity index (χ0n) is 14.2. The first-order valence-electron chi connectivity index (χ1n) is 8.07. The predicted octanol–water partition coefficient (Wildman–Crippen LogP) is 4.29. The van der Waals surface area contributed by atoms with E-state index in [4.69, 9.17) is 11.6 Å². The second kappa shape index (κ2) is 7.14. The highest BCUT2D eigenvalue weighted by Gasteiger charge is 2.17. The Labute approximate surface area is 165 Å². The number of benzene rings is 1. The fourth-order valence-electron chi connectivity index (χ4n) is 2.61. The van der Waals surface area contributed by atoms with Crippen molar-refractivity contribution in [1.82, 2.24) is 15.0 Å². The predicted molar refractivity (Wildman–Crippen MR) is 105 cm³/mol. The van der Waals surface area contributed by atoms with Crippen LogP contribution < -0.4 is 4.72 Å². The molecular formula is C19H12ClFN4O2S. The van der Waals surface area contributed by atoms with Gasteiger partial charge in [0.1, 0.15) is 5.82 Å². The van der Waals surface area contributed by atoms with Gasteiger partial charge in [0, 0.05) is 23.3 Å². The highest BCUT2D eigenvalue weighted by molar-refractivity contribution is 7.92. The number of nitrogens with one attached hydrogen (secondary N) is 1. The van der Waals surface area contributed by atoms with Crippen LogP contribution in [0.25, 0.3) is 22.2 Å². The van der Waals surface area contributed by atoms with Crippen molar-refractivity contribution in [2.45, 2.75) is 4.90 Å². The number of rotatable bonds is 4. The Morgan fingerprint density at radius 2 is 1.75 bits per heavy atom. The summed E-state index contributed by atoms with van der Waals surface area (Å²) in [6, 6.07) is 11.5. The number of hydrogen-bond donors (Lipinski definition) is 1. The van der Waals surface area contributed by atoms with Gasteiger partial charge in [0.15, 0.2) is 5.15 Å². The van der Waals surface area contributed by atoms with Crippen molar-refractivity contribution >= 4 is 38.2 Å². The average Bonchev–Trinajstić information content (AvgIpc) is 2.69. The van der Waals surface area contributed by atoms with Crippen molar-refractivity contribution in [2.24, 2.45) is 0 Å². The Bertz CT molecular complexity index is 1280. The number of aromatic nitrogens is 3. The van der Waals surface area contributed by atoms with Crippen LogP contribution in [0.1, 0.15) is 0 Å². The topological polar surface area (TPSA) is 84.8 Å². The van der Waals surface area contributed by atoms with Gasteiger partial charge in [-0.3, -0.25) is 14.7 Å². The number of sulfonamides is 1. The van der Waals surface area contributed by atoms with Crippen molar-refractivity contribution in [2.75, 3.05) is 4.72 Å². The summed E-state index contributed by atoms with van der Waals surface area (Å²) in [6.45, 7) is 0. The molecule has 4 rings (SSSR count). The van der Waals surface area contributed by atoms with Crippen LogP contribution in [-0.4, -0.2) is 23.4 Å². The van der Waals surface area contributed by atoms with Crippen LogP contribution >= 0.6 is 11.6 Å². The molecular weight excluding hydrogens is 403 g/mol. The first-order valence-corrected chi connectivity index (χ1v) is 9.93. The van der Waals surface area contributed by atoms with E-state index in [-0.39, 0.29) is 15.7 Å². The zero-order chi connectivity index (χ0) is 19.7. The lowest BCUT2D eigenvalue weighted by molar-refractivity contribution is 0.599. The van der Waals surface area contributed by atoms with Gasteiger partial charge in [-0.15, -0.1) is 0 Å². The molecule has 0 saturated heterocycles. The van der Waals surface area contributed by atoms with E-state index in [0.717, 1.165) is 23.0 Å². The molecule has 0 bridgehead atoms. The summed E-state index contributed by atoms with van der Waals surface area (Å²) in [7, 11) is -3.96. The summed E-state index contributed by atoms with van der Waals surface area (Å²) < 4.78 is 40.5. The second-order valence-corrected chi connectivity index (χ2v) is 7.93. The van der Waals surface area contributed by atoms with Crippen LogP contribution in [0.2, 0.25) is 5.15 Å². The first-order chi connectivity index (χ1) is 13.4. The van der Waals surface area contributed by atoms with E-state index in [1.54, 1.807) is 18.5 Å². The van der Waals surface area contributed by atoms with Crippen molar-refractivity contribution in [1.29, 1.82) is 0 Å². The van der Waals surface area contributed by atoms with Crippen molar-refractivity contribution < 1.29 is 12.8 Å². The smallest absolute Gasteiger partial charge is 0.261 e. The summed E-state index contributed by atoms with van der Waals surface area (Å²) in [6.07, 6.45) is 4.81. The van der Waals surface area contributed by atoms with Gasteiger partial charge in [0.05, 0.1) is 28.0 Å². The minimum absolute atomic E-state index is 0.0168. The van der Waals surface area contributed by atoms with Crippen LogP contribution in [-0.2, 0) is 10.0 Å². The monoisotopic (exact) mass is 414 g/mol. The van der Waals surface area contributed by atoms with E-state index in [9.17, 15) is 12.8 Å². The second-order valence-electron chi connectivity index (χ2n) is 5.89. The standard InChI is InChI=1S/C19H12ClFN4O2S/c20-19-17(25-28(26,27)15-5-3-14(21)4-6-15)9-13(10-24-19)16-8-12-2-1-7-22-18(12)11-23-16/h1-11,25H. The fourth-order valence-corrected chi connectivity index (χ4v) is 3.87. The fraction of sp³-hybridized carbons (Fsp3) is 0. The number of pyridine rings is 3. The van der Waals surface area contributed by atoms with Gasteiger partial charge < -0.3 is 0 Å². The molecule has 0 unspecified atom stereocenters. The molecule has 0 spiro atoms. The summed E-state index contributed by atoms with van der Waals surface area (Å²) in [5.41, 5.74) is 2.00. The Morgan fingerprint density at radius 3 is 2.54 bits per heavy atom. The van der Waals surface area contributed by atoms with Gasteiger partial charge in [-0.2, -0.15) is 0 Å². The highest BCUT2D eigenvalue weighted by Crippen LogP contribution is 2.28. The third-order valence-electron chi connectivity index (χ3n) is 3.99. The molecule has 3 aromatic heterocycles. The molecule has 28 heavy (non-hydrogen) atoms. The summed E-state index contributed by atoms with van der Waals surface area (Å²) >= 11 is 6.07. The molecule has 0 amide bonds. The Kier molecular flexibility index (Phi) is 4.66. The van der Waals surface area contributed by atoms with Crippen LogP contribution in [0.5, 0.6) is 0 Å². The molecule has 140 valence electrons. The van der Waals surface area contributed by atoms with E-state index in [1.165, 1.54) is 18.3 Å². The molecule has 9 heteroatoms. The van der Waals surface area contributed by atoms with Gasteiger partial charge in [-0.25, -0.2) is 17.8 Å². The third kappa shape index (κ3) is 3.64. The first kappa shape index (κ1) is 18.3.